The quantitative estimate of drug-likeness (QED) is 0.708. The van der Waals surface area contributed by atoms with Crippen LogP contribution in [0.4, 0.5) is 0 Å². The molecule has 0 fully saturated rings. The van der Waals surface area contributed by atoms with Crippen molar-refractivity contribution in [3.05, 3.63) is 35.4 Å². The lowest BCUT2D eigenvalue weighted by Gasteiger charge is -2.36. The van der Waals surface area contributed by atoms with Crippen molar-refractivity contribution in [3.8, 4) is 0 Å². The molecule has 0 saturated carbocycles. The summed E-state index contributed by atoms with van der Waals surface area (Å²) < 4.78 is 0. The van der Waals surface area contributed by atoms with Crippen molar-refractivity contribution in [2.75, 3.05) is 0 Å². The first-order valence-corrected chi connectivity index (χ1v) is 8.20. The van der Waals surface area contributed by atoms with E-state index in [9.17, 15) is 5.11 Å². The first kappa shape index (κ1) is 17.2. The molecule has 0 radical (unpaired) electrons. The Balaban J connectivity index is 2.69. The van der Waals surface area contributed by atoms with Gasteiger partial charge in [0, 0.05) is 0 Å². The van der Waals surface area contributed by atoms with Gasteiger partial charge in [0.25, 0.3) is 0 Å². The third kappa shape index (κ3) is 4.63. The SMILES string of the molecule is CCCCc1cccc(CCC(O)(C(C)C)C(C)C)c1. The van der Waals surface area contributed by atoms with Gasteiger partial charge in [-0.05, 0) is 48.6 Å². The summed E-state index contributed by atoms with van der Waals surface area (Å²) in [6.45, 7) is 10.7. The van der Waals surface area contributed by atoms with Crippen LogP contribution >= 0.6 is 0 Å². The number of aryl methyl sites for hydroxylation is 2. The normalized spacial score (nSPS) is 12.4. The zero-order chi connectivity index (χ0) is 15.2. The van der Waals surface area contributed by atoms with Gasteiger partial charge in [0.2, 0.25) is 0 Å². The van der Waals surface area contributed by atoms with Crippen LogP contribution < -0.4 is 0 Å². The molecule has 1 heteroatoms. The molecule has 0 heterocycles. The van der Waals surface area contributed by atoms with Crippen LogP contribution in [0.15, 0.2) is 24.3 Å². The van der Waals surface area contributed by atoms with Gasteiger partial charge in [0.05, 0.1) is 5.60 Å². The monoisotopic (exact) mass is 276 g/mol. The summed E-state index contributed by atoms with van der Waals surface area (Å²) in [5, 5.41) is 10.8. The molecule has 0 spiro atoms. The summed E-state index contributed by atoms with van der Waals surface area (Å²) in [7, 11) is 0. The largest absolute Gasteiger partial charge is 0.389 e. The number of benzene rings is 1. The van der Waals surface area contributed by atoms with E-state index in [2.05, 4.69) is 58.9 Å². The average molecular weight is 276 g/mol. The number of rotatable bonds is 8. The minimum Gasteiger partial charge on any atom is -0.389 e. The number of unbranched alkanes of at least 4 members (excludes halogenated alkanes) is 1. The zero-order valence-electron chi connectivity index (χ0n) is 13.9. The molecular weight excluding hydrogens is 244 g/mol. The van der Waals surface area contributed by atoms with E-state index in [-0.39, 0.29) is 0 Å². The second kappa shape index (κ2) is 7.83. The molecule has 1 aromatic rings. The van der Waals surface area contributed by atoms with Crippen LogP contribution in [-0.4, -0.2) is 10.7 Å². The molecule has 0 aliphatic rings. The molecule has 0 aliphatic carbocycles. The fourth-order valence-corrected chi connectivity index (χ4v) is 2.91. The first-order valence-electron chi connectivity index (χ1n) is 8.20. The molecule has 0 atom stereocenters. The molecule has 0 saturated heterocycles. The van der Waals surface area contributed by atoms with E-state index in [1.54, 1.807) is 0 Å². The molecule has 0 unspecified atom stereocenters. The summed E-state index contributed by atoms with van der Waals surface area (Å²) in [5.41, 5.74) is 2.24. The molecule has 0 aliphatic heterocycles. The highest BCUT2D eigenvalue weighted by molar-refractivity contribution is 5.24. The van der Waals surface area contributed by atoms with E-state index in [0.717, 1.165) is 12.8 Å². The summed E-state index contributed by atoms with van der Waals surface area (Å²) in [6.07, 6.45) is 5.48. The van der Waals surface area contributed by atoms with Gasteiger partial charge in [0.1, 0.15) is 0 Å². The van der Waals surface area contributed by atoms with Gasteiger partial charge in [-0.2, -0.15) is 0 Å². The molecule has 20 heavy (non-hydrogen) atoms. The maximum Gasteiger partial charge on any atom is 0.0696 e. The molecule has 1 nitrogen and oxygen atoms in total. The second-order valence-corrected chi connectivity index (χ2v) is 6.72. The Morgan fingerprint density at radius 1 is 1.00 bits per heavy atom. The van der Waals surface area contributed by atoms with Gasteiger partial charge in [-0.25, -0.2) is 0 Å². The third-order valence-corrected chi connectivity index (χ3v) is 4.62. The Bertz CT molecular complexity index is 385. The lowest BCUT2D eigenvalue weighted by atomic mass is 9.76. The Morgan fingerprint density at radius 2 is 1.55 bits per heavy atom. The first-order chi connectivity index (χ1) is 9.40. The van der Waals surface area contributed by atoms with Crippen molar-refractivity contribution >= 4 is 0 Å². The summed E-state index contributed by atoms with van der Waals surface area (Å²) in [6, 6.07) is 8.88. The van der Waals surface area contributed by atoms with Crippen molar-refractivity contribution in [2.45, 2.75) is 72.3 Å². The zero-order valence-corrected chi connectivity index (χ0v) is 13.9. The number of hydrogen-bond acceptors (Lipinski definition) is 1. The van der Waals surface area contributed by atoms with Crippen LogP contribution in [0, 0.1) is 11.8 Å². The molecule has 114 valence electrons. The number of hydrogen-bond donors (Lipinski definition) is 1. The predicted molar refractivity (Wildman–Crippen MR) is 88.0 cm³/mol. The van der Waals surface area contributed by atoms with Crippen molar-refractivity contribution in [3.63, 3.8) is 0 Å². The van der Waals surface area contributed by atoms with E-state index in [4.69, 9.17) is 0 Å². The van der Waals surface area contributed by atoms with Gasteiger partial charge in [-0.15, -0.1) is 0 Å². The van der Waals surface area contributed by atoms with E-state index in [1.807, 2.05) is 0 Å². The molecular formula is C19H32O. The van der Waals surface area contributed by atoms with Crippen LogP contribution in [0.25, 0.3) is 0 Å². The maximum atomic E-state index is 10.8. The van der Waals surface area contributed by atoms with Crippen LogP contribution in [0.1, 0.15) is 65.0 Å². The highest BCUT2D eigenvalue weighted by Gasteiger charge is 2.33. The van der Waals surface area contributed by atoms with Crippen molar-refractivity contribution in [2.24, 2.45) is 11.8 Å². The molecule has 0 amide bonds. The molecule has 0 bridgehead atoms. The maximum absolute atomic E-state index is 10.8. The van der Waals surface area contributed by atoms with Gasteiger partial charge >= 0.3 is 0 Å². The summed E-state index contributed by atoms with van der Waals surface area (Å²) >= 11 is 0. The smallest absolute Gasteiger partial charge is 0.0696 e. The third-order valence-electron chi connectivity index (χ3n) is 4.62. The minimum atomic E-state index is -0.556. The van der Waals surface area contributed by atoms with Gasteiger partial charge < -0.3 is 5.11 Å². The van der Waals surface area contributed by atoms with Crippen molar-refractivity contribution < 1.29 is 5.11 Å². The Kier molecular flexibility index (Phi) is 6.75. The van der Waals surface area contributed by atoms with Crippen LogP contribution in [-0.2, 0) is 12.8 Å². The summed E-state index contributed by atoms with van der Waals surface area (Å²) in [4.78, 5) is 0. The fourth-order valence-electron chi connectivity index (χ4n) is 2.91. The highest BCUT2D eigenvalue weighted by Crippen LogP contribution is 2.31. The summed E-state index contributed by atoms with van der Waals surface area (Å²) in [5.74, 6) is 0.594. The van der Waals surface area contributed by atoms with Crippen molar-refractivity contribution in [1.29, 1.82) is 0 Å². The van der Waals surface area contributed by atoms with Gasteiger partial charge in [-0.1, -0.05) is 65.3 Å². The lowest BCUT2D eigenvalue weighted by molar-refractivity contribution is -0.0534. The van der Waals surface area contributed by atoms with E-state index in [1.165, 1.54) is 30.4 Å². The predicted octanol–water partition coefficient (Wildman–Crippen LogP) is 5.00. The Labute approximate surface area is 125 Å². The number of aliphatic hydroxyl groups is 1. The molecule has 1 aromatic carbocycles. The fraction of sp³-hybridized carbons (Fsp3) is 0.684. The Morgan fingerprint density at radius 3 is 2.05 bits per heavy atom. The molecule has 0 aromatic heterocycles. The van der Waals surface area contributed by atoms with E-state index >= 15 is 0 Å². The molecule has 1 rings (SSSR count). The van der Waals surface area contributed by atoms with Crippen LogP contribution in [0.5, 0.6) is 0 Å². The van der Waals surface area contributed by atoms with Gasteiger partial charge in [0.15, 0.2) is 0 Å². The van der Waals surface area contributed by atoms with Gasteiger partial charge in [-0.3, -0.25) is 0 Å². The van der Waals surface area contributed by atoms with E-state index < -0.39 is 5.60 Å². The standard InChI is InChI=1S/C19H32O/c1-6-7-9-17-10-8-11-18(14-17)12-13-19(20,15(2)3)16(4)5/h8,10-11,14-16,20H,6-7,9,12-13H2,1-5H3. The van der Waals surface area contributed by atoms with Crippen LogP contribution in [0.3, 0.4) is 0 Å². The topological polar surface area (TPSA) is 20.2 Å². The average Bonchev–Trinajstić information content (AvgIpc) is 2.42. The Hall–Kier alpha value is -0.820. The minimum absolute atomic E-state index is 0.297. The van der Waals surface area contributed by atoms with E-state index in [0.29, 0.717) is 11.8 Å². The molecule has 1 N–H and O–H groups in total. The second-order valence-electron chi connectivity index (χ2n) is 6.72. The highest BCUT2D eigenvalue weighted by atomic mass is 16.3. The van der Waals surface area contributed by atoms with Crippen molar-refractivity contribution in [1.82, 2.24) is 0 Å². The lowest BCUT2D eigenvalue weighted by Crippen LogP contribution is -2.41. The van der Waals surface area contributed by atoms with Crippen LogP contribution in [0.2, 0.25) is 0 Å².